The summed E-state index contributed by atoms with van der Waals surface area (Å²) in [6, 6.07) is 7.93. The van der Waals surface area contributed by atoms with Gasteiger partial charge in [0.1, 0.15) is 0 Å². The monoisotopic (exact) mass is 242 g/mol. The fourth-order valence-electron chi connectivity index (χ4n) is 1.93. The highest BCUT2D eigenvalue weighted by Crippen LogP contribution is 2.20. The molecule has 18 heavy (non-hydrogen) atoms. The van der Waals surface area contributed by atoms with Gasteiger partial charge in [0, 0.05) is 25.5 Å². The van der Waals surface area contributed by atoms with Gasteiger partial charge in [-0.05, 0) is 30.7 Å². The molecule has 0 aromatic carbocycles. The summed E-state index contributed by atoms with van der Waals surface area (Å²) in [5, 5.41) is 0. The fraction of sp³-hybridized carbons (Fsp3) is 0.286. The van der Waals surface area contributed by atoms with Gasteiger partial charge in [-0.3, -0.25) is 9.97 Å². The molecule has 0 fully saturated rings. The Labute approximate surface area is 107 Å². The van der Waals surface area contributed by atoms with Gasteiger partial charge < -0.3 is 10.6 Å². The van der Waals surface area contributed by atoms with E-state index in [9.17, 15) is 0 Å². The highest BCUT2D eigenvalue weighted by Gasteiger charge is 2.09. The Morgan fingerprint density at radius 1 is 1.22 bits per heavy atom. The molecular formula is C14H18N4. The van der Waals surface area contributed by atoms with Crippen LogP contribution in [-0.4, -0.2) is 16.5 Å². The fourth-order valence-corrected chi connectivity index (χ4v) is 1.93. The topological polar surface area (TPSA) is 55.0 Å². The van der Waals surface area contributed by atoms with Crippen molar-refractivity contribution in [1.82, 2.24) is 9.97 Å². The quantitative estimate of drug-likeness (QED) is 0.870. The van der Waals surface area contributed by atoms with E-state index in [2.05, 4.69) is 21.8 Å². The molecule has 0 radical (unpaired) electrons. The molecule has 0 saturated heterocycles. The van der Waals surface area contributed by atoms with Crippen molar-refractivity contribution in [2.24, 2.45) is 5.73 Å². The summed E-state index contributed by atoms with van der Waals surface area (Å²) in [4.78, 5) is 10.8. The van der Waals surface area contributed by atoms with Gasteiger partial charge in [0.25, 0.3) is 0 Å². The lowest BCUT2D eigenvalue weighted by atomic mass is 10.2. The molecule has 0 atom stereocenters. The minimum absolute atomic E-state index is 0.524. The number of aromatic nitrogens is 2. The minimum Gasteiger partial charge on any atom is -0.364 e. The predicted molar refractivity (Wildman–Crippen MR) is 73.1 cm³/mol. The first kappa shape index (κ1) is 12.5. The molecule has 4 heteroatoms. The van der Waals surface area contributed by atoms with Crippen molar-refractivity contribution in [3.05, 3.63) is 54.1 Å². The largest absolute Gasteiger partial charge is 0.364 e. The normalized spacial score (nSPS) is 10.3. The lowest BCUT2D eigenvalue weighted by Gasteiger charge is -2.24. The molecular weight excluding hydrogens is 224 g/mol. The Kier molecular flexibility index (Phi) is 4.25. The average molecular weight is 242 g/mol. The van der Waals surface area contributed by atoms with Crippen LogP contribution in [0.25, 0.3) is 0 Å². The van der Waals surface area contributed by atoms with Crippen LogP contribution in [-0.2, 0) is 13.1 Å². The van der Waals surface area contributed by atoms with Crippen molar-refractivity contribution in [1.29, 1.82) is 0 Å². The molecule has 0 bridgehead atoms. The molecule has 4 nitrogen and oxygen atoms in total. The van der Waals surface area contributed by atoms with Crippen LogP contribution < -0.4 is 10.6 Å². The number of nitrogens with zero attached hydrogens (tertiary/aromatic N) is 3. The van der Waals surface area contributed by atoms with Gasteiger partial charge in [0.2, 0.25) is 0 Å². The zero-order valence-electron chi connectivity index (χ0n) is 10.6. The third kappa shape index (κ3) is 2.84. The Balaban J connectivity index is 2.23. The summed E-state index contributed by atoms with van der Waals surface area (Å²) >= 11 is 0. The first-order valence-electron chi connectivity index (χ1n) is 6.13. The number of hydrogen-bond donors (Lipinski definition) is 1. The summed E-state index contributed by atoms with van der Waals surface area (Å²) in [5.41, 5.74) is 9.02. The van der Waals surface area contributed by atoms with E-state index >= 15 is 0 Å². The van der Waals surface area contributed by atoms with E-state index in [1.54, 1.807) is 6.20 Å². The van der Waals surface area contributed by atoms with E-state index < -0.39 is 0 Å². The zero-order chi connectivity index (χ0) is 12.8. The van der Waals surface area contributed by atoms with Crippen LogP contribution in [0.1, 0.15) is 18.2 Å². The van der Waals surface area contributed by atoms with Gasteiger partial charge in [-0.15, -0.1) is 0 Å². The maximum atomic E-state index is 5.77. The lowest BCUT2D eigenvalue weighted by Crippen LogP contribution is -2.24. The minimum atomic E-state index is 0.524. The van der Waals surface area contributed by atoms with Crippen LogP contribution in [0.2, 0.25) is 0 Å². The third-order valence-corrected chi connectivity index (χ3v) is 2.91. The molecule has 0 saturated carbocycles. The lowest BCUT2D eigenvalue weighted by molar-refractivity contribution is 0.798. The van der Waals surface area contributed by atoms with Crippen LogP contribution in [0.15, 0.2) is 42.9 Å². The van der Waals surface area contributed by atoms with E-state index in [1.165, 1.54) is 0 Å². The molecule has 2 rings (SSSR count). The second-order valence-electron chi connectivity index (χ2n) is 4.04. The number of anilines is 1. The molecule has 2 N–H and O–H groups in total. The van der Waals surface area contributed by atoms with Gasteiger partial charge >= 0.3 is 0 Å². The van der Waals surface area contributed by atoms with Gasteiger partial charge in [-0.25, -0.2) is 0 Å². The average Bonchev–Trinajstić information content (AvgIpc) is 2.46. The van der Waals surface area contributed by atoms with Crippen LogP contribution in [0, 0.1) is 0 Å². The van der Waals surface area contributed by atoms with E-state index in [4.69, 9.17) is 5.73 Å². The molecule has 2 aromatic heterocycles. The molecule has 2 aromatic rings. The Morgan fingerprint density at radius 2 is 2.11 bits per heavy atom. The first-order chi connectivity index (χ1) is 8.85. The second-order valence-corrected chi connectivity index (χ2v) is 4.04. The van der Waals surface area contributed by atoms with E-state index in [0.717, 1.165) is 30.0 Å². The number of hydrogen-bond acceptors (Lipinski definition) is 4. The summed E-state index contributed by atoms with van der Waals surface area (Å²) in [6.07, 6.45) is 5.46. The van der Waals surface area contributed by atoms with Crippen molar-refractivity contribution in [2.45, 2.75) is 20.0 Å². The summed E-state index contributed by atoms with van der Waals surface area (Å²) < 4.78 is 0. The standard InChI is InChI=1S/C14H18N4/c1-2-18(11-13-5-3-4-7-17-13)14-10-16-8-6-12(14)9-15/h3-8,10H,2,9,11,15H2,1H3. The number of pyridine rings is 2. The van der Waals surface area contributed by atoms with E-state index in [-0.39, 0.29) is 0 Å². The molecule has 0 spiro atoms. The Hall–Kier alpha value is -1.94. The smallest absolute Gasteiger partial charge is 0.0602 e. The number of nitrogens with two attached hydrogens (primary N) is 1. The molecule has 2 heterocycles. The molecule has 0 aliphatic heterocycles. The third-order valence-electron chi connectivity index (χ3n) is 2.91. The Bertz CT molecular complexity index is 484. The molecule has 0 aliphatic carbocycles. The molecule has 0 aliphatic rings. The summed E-state index contributed by atoms with van der Waals surface area (Å²) in [5.74, 6) is 0. The Morgan fingerprint density at radius 3 is 2.78 bits per heavy atom. The van der Waals surface area contributed by atoms with Gasteiger partial charge in [0.15, 0.2) is 0 Å². The van der Waals surface area contributed by atoms with E-state index in [0.29, 0.717) is 6.54 Å². The summed E-state index contributed by atoms with van der Waals surface area (Å²) in [7, 11) is 0. The highest BCUT2D eigenvalue weighted by atomic mass is 15.1. The van der Waals surface area contributed by atoms with Crippen LogP contribution in [0.3, 0.4) is 0 Å². The van der Waals surface area contributed by atoms with Gasteiger partial charge in [-0.1, -0.05) is 6.07 Å². The molecule has 0 amide bonds. The van der Waals surface area contributed by atoms with Crippen molar-refractivity contribution in [2.75, 3.05) is 11.4 Å². The number of rotatable bonds is 5. The zero-order valence-corrected chi connectivity index (χ0v) is 10.6. The molecule has 94 valence electrons. The SMILES string of the molecule is CCN(Cc1ccccn1)c1cnccc1CN. The first-order valence-corrected chi connectivity index (χ1v) is 6.13. The maximum absolute atomic E-state index is 5.77. The second kappa shape index (κ2) is 6.12. The van der Waals surface area contributed by atoms with Crippen molar-refractivity contribution in [3.63, 3.8) is 0 Å². The van der Waals surface area contributed by atoms with Crippen LogP contribution >= 0.6 is 0 Å². The van der Waals surface area contributed by atoms with Crippen LogP contribution in [0.5, 0.6) is 0 Å². The summed E-state index contributed by atoms with van der Waals surface area (Å²) in [6.45, 7) is 4.32. The van der Waals surface area contributed by atoms with Crippen molar-refractivity contribution >= 4 is 5.69 Å². The van der Waals surface area contributed by atoms with Crippen LogP contribution in [0.4, 0.5) is 5.69 Å². The predicted octanol–water partition coefficient (Wildman–Crippen LogP) is 1.96. The van der Waals surface area contributed by atoms with Crippen molar-refractivity contribution in [3.8, 4) is 0 Å². The highest BCUT2D eigenvalue weighted by molar-refractivity contribution is 5.51. The van der Waals surface area contributed by atoms with Gasteiger partial charge in [0.05, 0.1) is 24.1 Å². The van der Waals surface area contributed by atoms with Gasteiger partial charge in [-0.2, -0.15) is 0 Å². The molecule has 0 unspecified atom stereocenters. The maximum Gasteiger partial charge on any atom is 0.0602 e. The van der Waals surface area contributed by atoms with Crippen molar-refractivity contribution < 1.29 is 0 Å². The van der Waals surface area contributed by atoms with E-state index in [1.807, 2.05) is 36.7 Å².